The molecule has 1 aliphatic heterocycles. The Morgan fingerprint density at radius 3 is 2.45 bits per heavy atom. The number of fused-ring (bicyclic) bond motifs is 1. The van der Waals surface area contributed by atoms with E-state index in [9.17, 15) is 4.57 Å². The molecule has 0 unspecified atom stereocenters. The summed E-state index contributed by atoms with van der Waals surface area (Å²) in [6.45, 7) is 10.1. The maximum Gasteiger partial charge on any atom is 0.367 e. The first-order valence-corrected chi connectivity index (χ1v) is 9.73. The van der Waals surface area contributed by atoms with Crippen LogP contribution in [0.5, 0.6) is 5.75 Å². The average Bonchev–Trinajstić information content (AvgIpc) is 2.55. The summed E-state index contributed by atoms with van der Waals surface area (Å²) in [5, 5.41) is 3.32. The molecule has 1 aromatic rings. The number of rotatable bonds is 7. The first-order valence-electron chi connectivity index (χ1n) is 8.00. The van der Waals surface area contributed by atoms with Gasteiger partial charge in [-0.15, -0.1) is 0 Å². The smallest absolute Gasteiger partial charge is 0.367 e. The highest BCUT2D eigenvalue weighted by Crippen LogP contribution is 2.47. The van der Waals surface area contributed by atoms with Crippen LogP contribution in [0.4, 0.5) is 0 Å². The summed E-state index contributed by atoms with van der Waals surface area (Å²) in [5.41, 5.74) is 2.57. The minimum Gasteiger partial charge on any atom is -0.481 e. The molecule has 22 heavy (non-hydrogen) atoms. The second-order valence-electron chi connectivity index (χ2n) is 4.58. The van der Waals surface area contributed by atoms with Crippen molar-refractivity contribution >= 4 is 7.60 Å². The average molecular weight is 329 g/mol. The van der Waals surface area contributed by atoms with E-state index >= 15 is 0 Å². The third kappa shape index (κ3) is 5.73. The fourth-order valence-corrected chi connectivity index (χ4v) is 3.52. The van der Waals surface area contributed by atoms with Crippen LogP contribution in [0.25, 0.3) is 0 Å². The molecule has 1 heterocycles. The molecule has 0 radical (unpaired) electrons. The van der Waals surface area contributed by atoms with E-state index in [1.807, 2.05) is 32.0 Å². The van der Waals surface area contributed by atoms with Gasteiger partial charge in [-0.1, -0.05) is 19.9 Å². The predicted octanol–water partition coefficient (Wildman–Crippen LogP) is 3.96. The summed E-state index contributed by atoms with van der Waals surface area (Å²) in [4.78, 5) is 0. The van der Waals surface area contributed by atoms with Gasteiger partial charge in [0.15, 0.2) is 6.35 Å². The van der Waals surface area contributed by atoms with Gasteiger partial charge in [-0.25, -0.2) is 0 Å². The van der Waals surface area contributed by atoms with Crippen molar-refractivity contribution in [2.45, 2.75) is 40.7 Å². The van der Waals surface area contributed by atoms with Crippen molar-refractivity contribution in [2.24, 2.45) is 0 Å². The first-order chi connectivity index (χ1) is 10.7. The van der Waals surface area contributed by atoms with E-state index in [1.165, 1.54) is 11.1 Å². The third-order valence-corrected chi connectivity index (χ3v) is 4.85. The van der Waals surface area contributed by atoms with Gasteiger partial charge in [0.2, 0.25) is 0 Å². The van der Waals surface area contributed by atoms with Crippen LogP contribution in [0.3, 0.4) is 0 Å². The zero-order valence-electron chi connectivity index (χ0n) is 14.1. The van der Waals surface area contributed by atoms with E-state index in [0.717, 1.165) is 19.5 Å². The van der Waals surface area contributed by atoms with E-state index in [0.29, 0.717) is 19.0 Å². The Balaban J connectivity index is 0.00000116. The fourth-order valence-electron chi connectivity index (χ4n) is 2.20. The zero-order chi connectivity index (χ0) is 16.4. The van der Waals surface area contributed by atoms with Crippen molar-refractivity contribution in [1.29, 1.82) is 0 Å². The van der Waals surface area contributed by atoms with E-state index in [-0.39, 0.29) is 6.35 Å². The summed E-state index contributed by atoms with van der Waals surface area (Å²) in [6, 6.07) is 5.95. The van der Waals surface area contributed by atoms with Gasteiger partial charge in [0.1, 0.15) is 5.75 Å². The van der Waals surface area contributed by atoms with Crippen molar-refractivity contribution < 1.29 is 18.3 Å². The van der Waals surface area contributed by atoms with Gasteiger partial charge in [0.05, 0.1) is 13.2 Å². The van der Waals surface area contributed by atoms with Crippen LogP contribution in [0, 0.1) is 0 Å². The highest BCUT2D eigenvalue weighted by atomic mass is 31.2. The Bertz CT molecular complexity index is 483. The monoisotopic (exact) mass is 329 g/mol. The Labute approximate surface area is 133 Å². The second kappa shape index (κ2) is 10.0. The summed E-state index contributed by atoms with van der Waals surface area (Å²) in [6.07, 6.45) is 0.937. The summed E-state index contributed by atoms with van der Waals surface area (Å²) < 4.78 is 28.3. The molecular weight excluding hydrogens is 301 g/mol. The van der Waals surface area contributed by atoms with Crippen molar-refractivity contribution in [1.82, 2.24) is 5.32 Å². The van der Waals surface area contributed by atoms with Crippen molar-refractivity contribution in [3.63, 3.8) is 0 Å². The maximum absolute atomic E-state index is 12.3. The molecule has 0 fully saturated rings. The van der Waals surface area contributed by atoms with Gasteiger partial charge in [0.25, 0.3) is 0 Å². The molecule has 0 aromatic heterocycles. The molecule has 0 atom stereocenters. The highest BCUT2D eigenvalue weighted by Gasteiger charge is 2.24. The predicted molar refractivity (Wildman–Crippen MR) is 89.6 cm³/mol. The molecule has 2 rings (SSSR count). The van der Waals surface area contributed by atoms with Crippen molar-refractivity contribution in [2.75, 3.05) is 26.1 Å². The Hall–Kier alpha value is -0.870. The molecule has 0 amide bonds. The van der Waals surface area contributed by atoms with E-state index in [2.05, 4.69) is 5.32 Å². The lowest BCUT2D eigenvalue weighted by Gasteiger charge is -2.20. The van der Waals surface area contributed by atoms with Gasteiger partial charge in [-0.3, -0.25) is 4.57 Å². The van der Waals surface area contributed by atoms with Crippen LogP contribution >= 0.6 is 7.60 Å². The van der Waals surface area contributed by atoms with Crippen molar-refractivity contribution in [3.05, 3.63) is 29.3 Å². The Morgan fingerprint density at radius 1 is 1.14 bits per heavy atom. The van der Waals surface area contributed by atoms with Gasteiger partial charge >= 0.3 is 7.60 Å². The zero-order valence-corrected chi connectivity index (χ0v) is 14.9. The largest absolute Gasteiger partial charge is 0.481 e. The molecule has 1 aliphatic rings. The molecule has 0 aliphatic carbocycles. The normalized spacial score (nSPS) is 13.8. The standard InChI is InChI=1S/C14H22NO4P.C2H6/c1-3-18-20(16,19-4-2)11-17-14-6-5-13-10-15-8-7-12(13)9-14;1-2/h5-6,9,15H,3-4,7-8,10-11H2,1-2H3;1-2H3. The molecule has 0 spiro atoms. The maximum atomic E-state index is 12.3. The summed E-state index contributed by atoms with van der Waals surface area (Å²) >= 11 is 0. The lowest BCUT2D eigenvalue weighted by Crippen LogP contribution is -2.23. The summed E-state index contributed by atoms with van der Waals surface area (Å²) in [7, 11) is -3.15. The third-order valence-electron chi connectivity index (χ3n) is 3.11. The van der Waals surface area contributed by atoms with Crippen LogP contribution in [-0.4, -0.2) is 26.1 Å². The Kier molecular flexibility index (Phi) is 8.72. The van der Waals surface area contributed by atoms with Gasteiger partial charge in [0, 0.05) is 6.54 Å². The van der Waals surface area contributed by atoms with Crippen LogP contribution in [0.15, 0.2) is 18.2 Å². The minimum atomic E-state index is -3.15. The van der Waals surface area contributed by atoms with Crippen LogP contribution in [0.2, 0.25) is 0 Å². The number of benzene rings is 1. The van der Waals surface area contributed by atoms with Crippen LogP contribution in [0.1, 0.15) is 38.8 Å². The minimum absolute atomic E-state index is 0.0499. The first kappa shape index (κ1) is 19.2. The second-order valence-corrected chi connectivity index (χ2v) is 6.57. The van der Waals surface area contributed by atoms with E-state index in [1.54, 1.807) is 13.8 Å². The molecular formula is C16H28NO4P. The number of hydrogen-bond acceptors (Lipinski definition) is 5. The Morgan fingerprint density at radius 2 is 1.82 bits per heavy atom. The molecule has 5 nitrogen and oxygen atoms in total. The quantitative estimate of drug-likeness (QED) is 0.767. The van der Waals surface area contributed by atoms with Crippen LogP contribution < -0.4 is 10.1 Å². The molecule has 126 valence electrons. The topological polar surface area (TPSA) is 56.8 Å². The van der Waals surface area contributed by atoms with Gasteiger partial charge < -0.3 is 19.1 Å². The highest BCUT2D eigenvalue weighted by molar-refractivity contribution is 7.53. The molecule has 1 aromatic carbocycles. The lowest BCUT2D eigenvalue weighted by atomic mass is 10.0. The van der Waals surface area contributed by atoms with Crippen molar-refractivity contribution in [3.8, 4) is 5.75 Å². The number of hydrogen-bond donors (Lipinski definition) is 1. The molecule has 1 N–H and O–H groups in total. The molecule has 0 bridgehead atoms. The van der Waals surface area contributed by atoms with Crippen LogP contribution in [-0.2, 0) is 26.6 Å². The van der Waals surface area contributed by atoms with E-state index in [4.69, 9.17) is 13.8 Å². The number of ether oxygens (including phenoxy) is 1. The molecule has 6 heteroatoms. The van der Waals surface area contributed by atoms with Gasteiger partial charge in [-0.05, 0) is 50.1 Å². The molecule has 0 saturated heterocycles. The summed E-state index contributed by atoms with van der Waals surface area (Å²) in [5.74, 6) is 0.713. The van der Waals surface area contributed by atoms with Gasteiger partial charge in [-0.2, -0.15) is 0 Å². The SMILES string of the molecule is CC.CCOP(=O)(COc1ccc2c(c1)CCNC2)OCC. The lowest BCUT2D eigenvalue weighted by molar-refractivity contribution is 0.197. The fraction of sp³-hybridized carbons (Fsp3) is 0.625. The van der Waals surface area contributed by atoms with E-state index < -0.39 is 7.60 Å². The number of nitrogens with one attached hydrogen (secondary N) is 1. The molecule has 0 saturated carbocycles.